The molecule has 0 atom stereocenters. The maximum Gasteiger partial charge on any atom is 0.0772 e. The van der Waals surface area contributed by atoms with Crippen LogP contribution in [0.25, 0.3) is 0 Å². The van der Waals surface area contributed by atoms with Gasteiger partial charge in [0.05, 0.1) is 5.60 Å². The average Bonchev–Trinajstić information content (AvgIpc) is 2.28. The zero-order chi connectivity index (χ0) is 15.9. The molecule has 0 aromatic heterocycles. The van der Waals surface area contributed by atoms with E-state index in [1.165, 1.54) is 19.3 Å². The first kappa shape index (κ1) is 17.3. The molecule has 0 bridgehead atoms. The summed E-state index contributed by atoms with van der Waals surface area (Å²) in [6.07, 6.45) is 7.96. The van der Waals surface area contributed by atoms with Gasteiger partial charge < -0.3 is 10.4 Å². The molecule has 21 heavy (non-hydrogen) atoms. The Hall–Kier alpha value is -0.0800. The Morgan fingerprint density at radius 1 is 0.810 bits per heavy atom. The summed E-state index contributed by atoms with van der Waals surface area (Å²) < 4.78 is 0. The van der Waals surface area contributed by atoms with Crippen LogP contribution in [-0.4, -0.2) is 23.3 Å². The summed E-state index contributed by atoms with van der Waals surface area (Å²) in [6.45, 7) is 15.0. The van der Waals surface area contributed by atoms with Crippen molar-refractivity contribution >= 4 is 0 Å². The maximum atomic E-state index is 10.8. The first-order chi connectivity index (χ1) is 9.41. The molecule has 0 aromatic rings. The Bertz CT molecular complexity index is 344. The Morgan fingerprint density at radius 2 is 1.29 bits per heavy atom. The summed E-state index contributed by atoms with van der Waals surface area (Å²) in [5, 5.41) is 14.6. The Labute approximate surface area is 132 Å². The fourth-order valence-corrected chi connectivity index (χ4v) is 4.89. The van der Waals surface area contributed by atoms with Gasteiger partial charge in [-0.15, -0.1) is 0 Å². The smallest absolute Gasteiger partial charge is 0.0772 e. The molecule has 2 rings (SSSR count). The van der Waals surface area contributed by atoms with Gasteiger partial charge in [-0.25, -0.2) is 0 Å². The van der Waals surface area contributed by atoms with Gasteiger partial charge in [0.15, 0.2) is 0 Å². The third-order valence-electron chi connectivity index (χ3n) is 5.81. The molecule has 0 radical (unpaired) electrons. The molecule has 0 unspecified atom stereocenters. The third-order valence-corrected chi connectivity index (χ3v) is 5.81. The molecule has 2 heteroatoms. The standard InChI is InChI=1S/C19H37NO/c1-16(2)7-9-19(21,10-8-16)14-20-15-11-17(3,4)13-18(5,6)12-15/h15,20-21H,7-14H2,1-6H3. The van der Waals surface area contributed by atoms with E-state index in [1.54, 1.807) is 0 Å². The van der Waals surface area contributed by atoms with E-state index in [0.29, 0.717) is 22.3 Å². The van der Waals surface area contributed by atoms with Gasteiger partial charge >= 0.3 is 0 Å². The fraction of sp³-hybridized carbons (Fsp3) is 1.00. The van der Waals surface area contributed by atoms with E-state index >= 15 is 0 Å². The van der Waals surface area contributed by atoms with E-state index in [-0.39, 0.29) is 0 Å². The highest BCUT2D eigenvalue weighted by atomic mass is 16.3. The molecule has 2 nitrogen and oxygen atoms in total. The molecule has 2 aliphatic carbocycles. The van der Waals surface area contributed by atoms with Crippen molar-refractivity contribution in [3.8, 4) is 0 Å². The van der Waals surface area contributed by atoms with Crippen molar-refractivity contribution in [2.45, 2.75) is 98.1 Å². The van der Waals surface area contributed by atoms with Crippen molar-refractivity contribution in [3.63, 3.8) is 0 Å². The van der Waals surface area contributed by atoms with E-state index in [0.717, 1.165) is 32.2 Å². The second-order valence-electron chi connectivity index (χ2n) is 10.4. The minimum atomic E-state index is -0.471. The van der Waals surface area contributed by atoms with Crippen molar-refractivity contribution in [2.24, 2.45) is 16.2 Å². The van der Waals surface area contributed by atoms with Crippen LogP contribution in [0.1, 0.15) is 86.5 Å². The number of hydrogen-bond acceptors (Lipinski definition) is 2. The molecule has 2 aliphatic rings. The van der Waals surface area contributed by atoms with Crippen LogP contribution in [0.3, 0.4) is 0 Å². The molecule has 0 heterocycles. The molecule has 0 amide bonds. The van der Waals surface area contributed by atoms with Gasteiger partial charge in [0.1, 0.15) is 0 Å². The molecule has 0 saturated heterocycles. The summed E-state index contributed by atoms with van der Waals surface area (Å²) in [4.78, 5) is 0. The highest BCUT2D eigenvalue weighted by Gasteiger charge is 2.40. The van der Waals surface area contributed by atoms with Gasteiger partial charge in [-0.3, -0.25) is 0 Å². The molecule has 0 aliphatic heterocycles. The highest BCUT2D eigenvalue weighted by molar-refractivity contribution is 4.95. The van der Waals surface area contributed by atoms with Crippen LogP contribution in [0.2, 0.25) is 0 Å². The molecule has 2 fully saturated rings. The second kappa shape index (κ2) is 5.53. The molecule has 0 aromatic carbocycles. The third kappa shape index (κ3) is 4.96. The van der Waals surface area contributed by atoms with E-state index in [4.69, 9.17) is 0 Å². The lowest BCUT2D eigenvalue weighted by Crippen LogP contribution is -2.51. The Kier molecular flexibility index (Phi) is 4.55. The van der Waals surface area contributed by atoms with Gasteiger partial charge in [0.2, 0.25) is 0 Å². The minimum absolute atomic E-state index is 0.413. The van der Waals surface area contributed by atoms with Crippen LogP contribution in [-0.2, 0) is 0 Å². The van der Waals surface area contributed by atoms with E-state index < -0.39 is 5.60 Å². The number of nitrogens with one attached hydrogen (secondary N) is 1. The largest absolute Gasteiger partial charge is 0.389 e. The molecule has 2 saturated carbocycles. The van der Waals surface area contributed by atoms with Crippen molar-refractivity contribution in [3.05, 3.63) is 0 Å². The second-order valence-corrected chi connectivity index (χ2v) is 10.4. The summed E-state index contributed by atoms with van der Waals surface area (Å²) >= 11 is 0. The first-order valence-electron chi connectivity index (χ1n) is 8.86. The zero-order valence-corrected chi connectivity index (χ0v) is 15.2. The predicted molar refractivity (Wildman–Crippen MR) is 90.4 cm³/mol. The van der Waals surface area contributed by atoms with Crippen LogP contribution < -0.4 is 5.32 Å². The molecular formula is C19H37NO. The van der Waals surface area contributed by atoms with Gasteiger partial charge in [0.25, 0.3) is 0 Å². The van der Waals surface area contributed by atoms with Gasteiger partial charge in [-0.2, -0.15) is 0 Å². The summed E-state index contributed by atoms with van der Waals surface area (Å²) in [7, 11) is 0. The van der Waals surface area contributed by atoms with Crippen LogP contribution in [0.4, 0.5) is 0 Å². The molecule has 124 valence electrons. The number of aliphatic hydroxyl groups is 1. The van der Waals surface area contributed by atoms with E-state index in [2.05, 4.69) is 46.9 Å². The highest BCUT2D eigenvalue weighted by Crippen LogP contribution is 2.46. The summed E-state index contributed by atoms with van der Waals surface area (Å²) in [6, 6.07) is 0.558. The van der Waals surface area contributed by atoms with Crippen molar-refractivity contribution in [1.82, 2.24) is 5.32 Å². The van der Waals surface area contributed by atoms with Gasteiger partial charge in [0, 0.05) is 12.6 Å². The first-order valence-corrected chi connectivity index (χ1v) is 8.86. The zero-order valence-electron chi connectivity index (χ0n) is 15.2. The minimum Gasteiger partial charge on any atom is -0.389 e. The fourth-order valence-electron chi connectivity index (χ4n) is 4.89. The lowest BCUT2D eigenvalue weighted by atomic mass is 9.63. The lowest BCUT2D eigenvalue weighted by Gasteiger charge is -2.47. The van der Waals surface area contributed by atoms with Crippen LogP contribution in [0.15, 0.2) is 0 Å². The summed E-state index contributed by atoms with van der Waals surface area (Å²) in [5.41, 5.74) is 0.773. The van der Waals surface area contributed by atoms with Crippen LogP contribution >= 0.6 is 0 Å². The van der Waals surface area contributed by atoms with Crippen molar-refractivity contribution in [2.75, 3.05) is 6.54 Å². The van der Waals surface area contributed by atoms with Gasteiger partial charge in [-0.05, 0) is 61.2 Å². The quantitative estimate of drug-likeness (QED) is 0.803. The Balaban J connectivity index is 1.88. The SMILES string of the molecule is CC1(C)CCC(O)(CNC2CC(C)(C)CC(C)(C)C2)CC1. The number of hydrogen-bond donors (Lipinski definition) is 2. The molecule has 0 spiro atoms. The molecular weight excluding hydrogens is 258 g/mol. The number of rotatable bonds is 3. The predicted octanol–water partition coefficient (Wildman–Crippen LogP) is 4.51. The lowest BCUT2D eigenvalue weighted by molar-refractivity contribution is -0.0307. The van der Waals surface area contributed by atoms with E-state index in [1.807, 2.05) is 0 Å². The Morgan fingerprint density at radius 3 is 1.76 bits per heavy atom. The van der Waals surface area contributed by atoms with Crippen LogP contribution in [0, 0.1) is 16.2 Å². The molecule has 2 N–H and O–H groups in total. The van der Waals surface area contributed by atoms with Crippen molar-refractivity contribution in [1.29, 1.82) is 0 Å². The van der Waals surface area contributed by atoms with E-state index in [9.17, 15) is 5.11 Å². The average molecular weight is 296 g/mol. The summed E-state index contributed by atoms with van der Waals surface area (Å²) in [5.74, 6) is 0. The normalized spacial score (nSPS) is 31.0. The van der Waals surface area contributed by atoms with Crippen molar-refractivity contribution < 1.29 is 5.11 Å². The monoisotopic (exact) mass is 295 g/mol. The maximum absolute atomic E-state index is 10.8. The van der Waals surface area contributed by atoms with Gasteiger partial charge in [-0.1, -0.05) is 41.5 Å². The topological polar surface area (TPSA) is 32.3 Å². The van der Waals surface area contributed by atoms with Crippen LogP contribution in [0.5, 0.6) is 0 Å².